The Kier molecular flexibility index (Phi) is 5.73. The summed E-state index contributed by atoms with van der Waals surface area (Å²) in [4.78, 5) is 20.9. The molecule has 2 aromatic heterocycles. The zero-order chi connectivity index (χ0) is 22.8. The Labute approximate surface area is 193 Å². The number of fused-ring (bicyclic) bond motifs is 1. The van der Waals surface area contributed by atoms with Crippen LogP contribution in [0.4, 0.5) is 5.69 Å². The van der Waals surface area contributed by atoms with Crippen molar-refractivity contribution in [1.29, 1.82) is 0 Å². The topological polar surface area (TPSA) is 62.6 Å². The van der Waals surface area contributed by atoms with Crippen molar-refractivity contribution in [3.8, 4) is 17.0 Å². The highest BCUT2D eigenvalue weighted by atomic mass is 16.5. The normalized spacial score (nSPS) is 14.3. The molecule has 1 saturated heterocycles. The number of piperidine rings is 1. The second kappa shape index (κ2) is 8.98. The van der Waals surface area contributed by atoms with Gasteiger partial charge in [0, 0.05) is 18.7 Å². The highest BCUT2D eigenvalue weighted by Crippen LogP contribution is 2.34. The van der Waals surface area contributed by atoms with Crippen LogP contribution in [0, 0.1) is 6.92 Å². The fraction of sp³-hybridized carbons (Fsp3) is 0.259. The summed E-state index contributed by atoms with van der Waals surface area (Å²) >= 11 is 0. The van der Waals surface area contributed by atoms with Crippen LogP contribution in [0.15, 0.2) is 59.4 Å². The molecule has 0 aliphatic carbocycles. The van der Waals surface area contributed by atoms with E-state index in [9.17, 15) is 4.79 Å². The highest BCUT2D eigenvalue weighted by Gasteiger charge is 2.24. The van der Waals surface area contributed by atoms with E-state index >= 15 is 0 Å². The van der Waals surface area contributed by atoms with Crippen molar-refractivity contribution in [2.24, 2.45) is 0 Å². The van der Waals surface area contributed by atoms with Crippen molar-refractivity contribution in [1.82, 2.24) is 14.6 Å². The van der Waals surface area contributed by atoms with E-state index in [1.807, 2.05) is 61.5 Å². The van der Waals surface area contributed by atoms with Crippen LogP contribution in [0.25, 0.3) is 29.1 Å². The third kappa shape index (κ3) is 4.04. The van der Waals surface area contributed by atoms with Gasteiger partial charge in [0.25, 0.3) is 5.56 Å². The molecule has 33 heavy (non-hydrogen) atoms. The van der Waals surface area contributed by atoms with Crippen LogP contribution in [0.2, 0.25) is 0 Å². The molecule has 1 fully saturated rings. The Morgan fingerprint density at radius 3 is 2.55 bits per heavy atom. The predicted molar refractivity (Wildman–Crippen MR) is 134 cm³/mol. The molecule has 5 rings (SSSR count). The number of aromatic nitrogens is 3. The summed E-state index contributed by atoms with van der Waals surface area (Å²) in [5, 5.41) is 3.38. The standard InChI is InChI=1S/C27H28N4O2/c1-19-23(15-14-20-10-9-13-22(18-20)33-2)27(32)31-26(28-19)25(30-16-7-4-8-17-30)24(29-31)21-11-5-3-6-12-21/h3,5-6,9-15,18,29H,4,7-8,16-17H2,1-2H3/b15-14+. The second-order valence-corrected chi connectivity index (χ2v) is 8.43. The van der Waals surface area contributed by atoms with E-state index in [2.05, 4.69) is 22.1 Å². The van der Waals surface area contributed by atoms with Crippen molar-refractivity contribution < 1.29 is 4.74 Å². The molecule has 2 aromatic carbocycles. The molecule has 0 atom stereocenters. The first-order chi connectivity index (χ1) is 16.2. The number of aromatic amines is 1. The Morgan fingerprint density at radius 2 is 1.79 bits per heavy atom. The van der Waals surface area contributed by atoms with Gasteiger partial charge >= 0.3 is 0 Å². The number of ether oxygens (including phenoxy) is 1. The number of anilines is 1. The van der Waals surface area contributed by atoms with Gasteiger partial charge < -0.3 is 9.64 Å². The lowest BCUT2D eigenvalue weighted by atomic mass is 10.1. The molecule has 6 heteroatoms. The summed E-state index contributed by atoms with van der Waals surface area (Å²) in [6.45, 7) is 3.85. The van der Waals surface area contributed by atoms with Gasteiger partial charge in [0.1, 0.15) is 11.4 Å². The Morgan fingerprint density at radius 1 is 1.00 bits per heavy atom. The van der Waals surface area contributed by atoms with E-state index in [0.717, 1.165) is 59.9 Å². The molecule has 0 bridgehead atoms. The molecular formula is C27H28N4O2. The molecule has 1 aliphatic heterocycles. The number of nitrogens with zero attached hydrogens (tertiary/aromatic N) is 3. The number of nitrogens with one attached hydrogen (secondary N) is 1. The zero-order valence-corrected chi connectivity index (χ0v) is 19.0. The Hall–Kier alpha value is -3.80. The molecule has 0 spiro atoms. The quantitative estimate of drug-likeness (QED) is 0.465. The SMILES string of the molecule is COc1cccc(/C=C/c2c(C)nc3c(N4CCCCC4)c(-c4ccccc4)[nH]n3c2=O)c1. The molecule has 3 heterocycles. The monoisotopic (exact) mass is 440 g/mol. The van der Waals surface area contributed by atoms with Crippen LogP contribution in [0.5, 0.6) is 5.75 Å². The molecule has 0 radical (unpaired) electrons. The van der Waals surface area contributed by atoms with E-state index in [-0.39, 0.29) is 5.56 Å². The molecule has 0 unspecified atom stereocenters. The fourth-order valence-corrected chi connectivity index (χ4v) is 4.52. The average molecular weight is 441 g/mol. The molecule has 168 valence electrons. The van der Waals surface area contributed by atoms with Gasteiger partial charge in [-0.25, -0.2) is 4.98 Å². The first-order valence-electron chi connectivity index (χ1n) is 11.4. The van der Waals surface area contributed by atoms with Crippen LogP contribution in [0.3, 0.4) is 0 Å². The molecular weight excluding hydrogens is 412 g/mol. The van der Waals surface area contributed by atoms with Crippen LogP contribution in [0.1, 0.15) is 36.1 Å². The summed E-state index contributed by atoms with van der Waals surface area (Å²) in [7, 11) is 1.65. The minimum atomic E-state index is -0.0999. The van der Waals surface area contributed by atoms with Crippen LogP contribution in [-0.2, 0) is 0 Å². The number of H-pyrrole nitrogens is 1. The van der Waals surface area contributed by atoms with Crippen LogP contribution >= 0.6 is 0 Å². The number of rotatable bonds is 5. The van der Waals surface area contributed by atoms with E-state index in [0.29, 0.717) is 11.2 Å². The van der Waals surface area contributed by atoms with E-state index in [1.54, 1.807) is 11.6 Å². The van der Waals surface area contributed by atoms with Crippen molar-refractivity contribution in [3.05, 3.63) is 81.8 Å². The van der Waals surface area contributed by atoms with E-state index < -0.39 is 0 Å². The summed E-state index contributed by atoms with van der Waals surface area (Å²) in [5.74, 6) is 0.780. The summed E-state index contributed by atoms with van der Waals surface area (Å²) in [6.07, 6.45) is 7.31. The maximum absolute atomic E-state index is 13.6. The van der Waals surface area contributed by atoms with Crippen molar-refractivity contribution >= 4 is 23.5 Å². The predicted octanol–water partition coefficient (Wildman–Crippen LogP) is 5.17. The van der Waals surface area contributed by atoms with E-state index in [1.165, 1.54) is 6.42 Å². The van der Waals surface area contributed by atoms with Gasteiger partial charge in [0.2, 0.25) is 0 Å². The minimum absolute atomic E-state index is 0.0999. The number of aryl methyl sites for hydroxylation is 1. The summed E-state index contributed by atoms with van der Waals surface area (Å²) in [6, 6.07) is 17.9. The first kappa shape index (κ1) is 21.1. The number of hydrogen-bond donors (Lipinski definition) is 1. The number of methoxy groups -OCH3 is 1. The highest BCUT2D eigenvalue weighted by molar-refractivity contribution is 5.86. The van der Waals surface area contributed by atoms with Gasteiger partial charge in [0.15, 0.2) is 5.65 Å². The second-order valence-electron chi connectivity index (χ2n) is 8.43. The first-order valence-corrected chi connectivity index (χ1v) is 11.4. The fourth-order valence-electron chi connectivity index (χ4n) is 4.52. The van der Waals surface area contributed by atoms with Gasteiger partial charge in [-0.1, -0.05) is 48.5 Å². The molecule has 0 amide bonds. The van der Waals surface area contributed by atoms with Crippen molar-refractivity contribution in [2.45, 2.75) is 26.2 Å². The molecule has 6 nitrogen and oxygen atoms in total. The largest absolute Gasteiger partial charge is 0.497 e. The molecule has 1 N–H and O–H groups in total. The lowest BCUT2D eigenvalue weighted by Crippen LogP contribution is -2.30. The van der Waals surface area contributed by atoms with Gasteiger partial charge in [-0.05, 0) is 50.0 Å². The van der Waals surface area contributed by atoms with Crippen molar-refractivity contribution in [2.75, 3.05) is 25.1 Å². The van der Waals surface area contributed by atoms with Gasteiger partial charge in [-0.3, -0.25) is 9.89 Å². The summed E-state index contributed by atoms with van der Waals surface area (Å²) < 4.78 is 6.91. The number of hydrogen-bond acceptors (Lipinski definition) is 4. The average Bonchev–Trinajstić information content (AvgIpc) is 3.24. The molecule has 0 saturated carbocycles. The van der Waals surface area contributed by atoms with Crippen LogP contribution in [-0.4, -0.2) is 34.8 Å². The van der Waals surface area contributed by atoms with Gasteiger partial charge in [-0.15, -0.1) is 0 Å². The van der Waals surface area contributed by atoms with Gasteiger partial charge in [0.05, 0.1) is 24.1 Å². The van der Waals surface area contributed by atoms with Gasteiger partial charge in [-0.2, -0.15) is 4.52 Å². The third-order valence-electron chi connectivity index (χ3n) is 6.25. The Balaban J connectivity index is 1.65. The lowest BCUT2D eigenvalue weighted by molar-refractivity contribution is 0.414. The Bertz CT molecular complexity index is 1360. The maximum Gasteiger partial charge on any atom is 0.280 e. The summed E-state index contributed by atoms with van der Waals surface area (Å²) in [5.41, 5.74) is 5.85. The minimum Gasteiger partial charge on any atom is -0.497 e. The maximum atomic E-state index is 13.6. The number of benzene rings is 2. The zero-order valence-electron chi connectivity index (χ0n) is 19.0. The molecule has 1 aliphatic rings. The molecule has 4 aromatic rings. The van der Waals surface area contributed by atoms with Crippen molar-refractivity contribution in [3.63, 3.8) is 0 Å². The van der Waals surface area contributed by atoms with E-state index in [4.69, 9.17) is 9.72 Å². The van der Waals surface area contributed by atoms with Crippen LogP contribution < -0.4 is 15.2 Å². The lowest BCUT2D eigenvalue weighted by Gasteiger charge is -2.28. The third-order valence-corrected chi connectivity index (χ3v) is 6.25. The smallest absolute Gasteiger partial charge is 0.280 e.